The molecule has 3 nitrogen and oxygen atoms in total. The van der Waals surface area contributed by atoms with Crippen LogP contribution >= 0.6 is 0 Å². The second kappa shape index (κ2) is 6.50. The Kier molecular flexibility index (Phi) is 4.91. The topological polar surface area (TPSA) is 42.2 Å². The summed E-state index contributed by atoms with van der Waals surface area (Å²) < 4.78 is 13.8. The van der Waals surface area contributed by atoms with Gasteiger partial charge < -0.3 is 5.73 Å². The number of benzene rings is 1. The summed E-state index contributed by atoms with van der Waals surface area (Å²) >= 11 is 0. The molecule has 0 aliphatic rings. The van der Waals surface area contributed by atoms with E-state index in [9.17, 15) is 4.39 Å². The molecular formula is C17H24FN3. The number of nitrogens with two attached hydrogens (primary N) is 1. The maximum absolute atomic E-state index is 13.8. The summed E-state index contributed by atoms with van der Waals surface area (Å²) in [6.07, 6.45) is 1.75. The molecule has 2 aromatic rings. The molecule has 0 bridgehead atoms. The van der Waals surface area contributed by atoms with Gasteiger partial charge in [-0.05, 0) is 42.3 Å². The van der Waals surface area contributed by atoms with Gasteiger partial charge in [0.15, 0.2) is 0 Å². The number of hydrogen-bond donors (Lipinski definition) is 1. The van der Waals surface area contributed by atoms with Crippen LogP contribution in [0.3, 0.4) is 0 Å². The lowest BCUT2D eigenvalue weighted by molar-refractivity contribution is 0.184. The molecule has 0 saturated heterocycles. The van der Waals surface area contributed by atoms with Crippen LogP contribution in [-0.2, 0) is 6.54 Å². The first-order valence-corrected chi connectivity index (χ1v) is 7.41. The van der Waals surface area contributed by atoms with Gasteiger partial charge in [0.25, 0.3) is 0 Å². The molecule has 0 radical (unpaired) electrons. The van der Waals surface area contributed by atoms with Gasteiger partial charge in [-0.3, -0.25) is 9.88 Å². The summed E-state index contributed by atoms with van der Waals surface area (Å²) in [5, 5.41) is 0.849. The maximum atomic E-state index is 13.8. The zero-order chi connectivity index (χ0) is 15.5. The lowest BCUT2D eigenvalue weighted by Crippen LogP contribution is -2.38. The first-order chi connectivity index (χ1) is 9.95. The second-order valence-corrected chi connectivity index (χ2v) is 6.31. The molecule has 0 unspecified atom stereocenters. The van der Waals surface area contributed by atoms with Gasteiger partial charge in [0.1, 0.15) is 5.82 Å². The predicted octanol–water partition coefficient (Wildman–Crippen LogP) is 3.18. The fourth-order valence-corrected chi connectivity index (χ4v) is 2.54. The van der Waals surface area contributed by atoms with Gasteiger partial charge in [-0.2, -0.15) is 0 Å². The Balaban J connectivity index is 2.29. The highest BCUT2D eigenvalue weighted by Gasteiger charge is 2.20. The quantitative estimate of drug-likeness (QED) is 0.888. The number of halogens is 1. The number of nitrogens with zero attached hydrogens (tertiary/aromatic N) is 2. The van der Waals surface area contributed by atoms with Crippen LogP contribution in [0.1, 0.15) is 26.3 Å². The van der Waals surface area contributed by atoms with Gasteiger partial charge in [-0.1, -0.05) is 26.8 Å². The summed E-state index contributed by atoms with van der Waals surface area (Å²) in [5.74, 6) is -0.209. The molecule has 0 atom stereocenters. The molecule has 21 heavy (non-hydrogen) atoms. The van der Waals surface area contributed by atoms with Crippen molar-refractivity contribution in [2.24, 2.45) is 11.1 Å². The van der Waals surface area contributed by atoms with Crippen LogP contribution < -0.4 is 5.73 Å². The van der Waals surface area contributed by atoms with Crippen LogP contribution in [0.15, 0.2) is 30.5 Å². The van der Waals surface area contributed by atoms with E-state index in [4.69, 9.17) is 5.73 Å². The van der Waals surface area contributed by atoms with Gasteiger partial charge in [-0.25, -0.2) is 4.39 Å². The Morgan fingerprint density at radius 3 is 2.76 bits per heavy atom. The molecule has 1 aromatic heterocycles. The summed E-state index contributed by atoms with van der Waals surface area (Å²) in [4.78, 5) is 6.70. The second-order valence-electron chi connectivity index (χ2n) is 6.31. The number of fused-ring (bicyclic) bond motifs is 1. The van der Waals surface area contributed by atoms with Crippen molar-refractivity contribution in [2.45, 2.75) is 27.3 Å². The van der Waals surface area contributed by atoms with Crippen molar-refractivity contribution in [2.75, 3.05) is 19.6 Å². The van der Waals surface area contributed by atoms with E-state index in [1.807, 2.05) is 12.1 Å². The Morgan fingerprint density at radius 1 is 1.33 bits per heavy atom. The van der Waals surface area contributed by atoms with Crippen LogP contribution in [0.4, 0.5) is 4.39 Å². The number of aromatic nitrogens is 1. The summed E-state index contributed by atoms with van der Waals surface area (Å²) in [5.41, 5.74) is 7.68. The molecule has 114 valence electrons. The van der Waals surface area contributed by atoms with Crippen molar-refractivity contribution < 1.29 is 4.39 Å². The zero-order valence-electron chi connectivity index (χ0n) is 13.1. The summed E-state index contributed by atoms with van der Waals surface area (Å²) in [6, 6.07) is 6.86. The lowest BCUT2D eigenvalue weighted by atomic mass is 9.93. The van der Waals surface area contributed by atoms with Crippen LogP contribution in [0, 0.1) is 11.2 Å². The SMILES string of the molecule is CCN(Cc1cc(F)cc2cccnc12)CC(C)(C)CN. The van der Waals surface area contributed by atoms with E-state index >= 15 is 0 Å². The highest BCUT2D eigenvalue weighted by Crippen LogP contribution is 2.22. The highest BCUT2D eigenvalue weighted by molar-refractivity contribution is 5.81. The molecule has 2 rings (SSSR count). The Bertz CT molecular complexity index is 610. The smallest absolute Gasteiger partial charge is 0.124 e. The Morgan fingerprint density at radius 2 is 2.10 bits per heavy atom. The minimum atomic E-state index is -0.209. The van der Waals surface area contributed by atoms with E-state index in [-0.39, 0.29) is 11.2 Å². The average molecular weight is 289 g/mol. The molecular weight excluding hydrogens is 265 g/mol. The van der Waals surface area contributed by atoms with Crippen molar-refractivity contribution in [3.05, 3.63) is 41.8 Å². The summed E-state index contributed by atoms with van der Waals surface area (Å²) in [6.45, 7) is 9.51. The van der Waals surface area contributed by atoms with Crippen LogP contribution in [0.2, 0.25) is 0 Å². The minimum absolute atomic E-state index is 0.0482. The van der Waals surface area contributed by atoms with Gasteiger partial charge in [-0.15, -0.1) is 0 Å². The Labute approximate surface area is 126 Å². The first-order valence-electron chi connectivity index (χ1n) is 7.41. The van der Waals surface area contributed by atoms with E-state index in [0.717, 1.165) is 29.6 Å². The summed E-state index contributed by atoms with van der Waals surface area (Å²) in [7, 11) is 0. The standard InChI is InChI=1S/C17H24FN3/c1-4-21(12-17(2,3)11-19)10-14-9-15(18)8-13-6-5-7-20-16(13)14/h5-9H,4,10-12,19H2,1-3H3. The van der Waals surface area contributed by atoms with E-state index in [0.29, 0.717) is 13.1 Å². The van der Waals surface area contributed by atoms with E-state index in [1.54, 1.807) is 12.3 Å². The predicted molar refractivity (Wildman–Crippen MR) is 85.5 cm³/mol. The monoisotopic (exact) mass is 289 g/mol. The number of pyridine rings is 1. The molecule has 0 saturated carbocycles. The number of hydrogen-bond acceptors (Lipinski definition) is 3. The van der Waals surface area contributed by atoms with Crippen LogP contribution in [-0.4, -0.2) is 29.5 Å². The zero-order valence-corrected chi connectivity index (χ0v) is 13.1. The van der Waals surface area contributed by atoms with Gasteiger partial charge >= 0.3 is 0 Å². The lowest BCUT2D eigenvalue weighted by Gasteiger charge is -2.31. The van der Waals surface area contributed by atoms with Crippen molar-refractivity contribution >= 4 is 10.9 Å². The molecule has 0 aliphatic heterocycles. The molecule has 0 fully saturated rings. The highest BCUT2D eigenvalue weighted by atomic mass is 19.1. The Hall–Kier alpha value is -1.52. The van der Waals surface area contributed by atoms with Crippen molar-refractivity contribution in [3.63, 3.8) is 0 Å². The third-order valence-corrected chi connectivity index (χ3v) is 3.79. The van der Waals surface area contributed by atoms with Gasteiger partial charge in [0.2, 0.25) is 0 Å². The van der Waals surface area contributed by atoms with Crippen LogP contribution in [0.5, 0.6) is 0 Å². The van der Waals surface area contributed by atoms with Crippen LogP contribution in [0.25, 0.3) is 10.9 Å². The fraction of sp³-hybridized carbons (Fsp3) is 0.471. The van der Waals surface area contributed by atoms with E-state index in [1.165, 1.54) is 6.07 Å². The van der Waals surface area contributed by atoms with Crippen molar-refractivity contribution in [3.8, 4) is 0 Å². The van der Waals surface area contributed by atoms with E-state index < -0.39 is 0 Å². The first kappa shape index (κ1) is 15.9. The van der Waals surface area contributed by atoms with Crippen molar-refractivity contribution in [1.29, 1.82) is 0 Å². The molecule has 4 heteroatoms. The maximum Gasteiger partial charge on any atom is 0.124 e. The van der Waals surface area contributed by atoms with E-state index in [2.05, 4.69) is 30.7 Å². The largest absolute Gasteiger partial charge is 0.330 e. The fourth-order valence-electron chi connectivity index (χ4n) is 2.54. The molecule has 1 aromatic carbocycles. The normalized spacial score (nSPS) is 12.3. The third kappa shape index (κ3) is 3.99. The molecule has 0 amide bonds. The van der Waals surface area contributed by atoms with Gasteiger partial charge in [0.05, 0.1) is 5.52 Å². The average Bonchev–Trinajstić information content (AvgIpc) is 2.46. The molecule has 1 heterocycles. The third-order valence-electron chi connectivity index (χ3n) is 3.79. The van der Waals surface area contributed by atoms with Gasteiger partial charge in [0, 0.05) is 24.7 Å². The minimum Gasteiger partial charge on any atom is -0.330 e. The molecule has 2 N–H and O–H groups in total. The molecule has 0 aliphatic carbocycles. The number of rotatable bonds is 6. The van der Waals surface area contributed by atoms with Crippen molar-refractivity contribution in [1.82, 2.24) is 9.88 Å². The molecule has 0 spiro atoms.